The fraction of sp³-hybridized carbons (Fsp3) is 0.300. The van der Waals surface area contributed by atoms with Crippen LogP contribution in [0.5, 0.6) is 0 Å². The molecule has 1 saturated heterocycles. The first-order valence-electron chi connectivity index (χ1n) is 8.84. The van der Waals surface area contributed by atoms with Gasteiger partial charge in [-0.2, -0.15) is 0 Å². The number of anilines is 1. The van der Waals surface area contributed by atoms with Crippen LogP contribution in [0.4, 0.5) is 14.5 Å². The van der Waals surface area contributed by atoms with Crippen LogP contribution >= 0.6 is 0 Å². The zero-order chi connectivity index (χ0) is 19.2. The van der Waals surface area contributed by atoms with Gasteiger partial charge >= 0.3 is 0 Å². The van der Waals surface area contributed by atoms with Crippen LogP contribution in [0.25, 0.3) is 0 Å². The second-order valence-electron chi connectivity index (χ2n) is 6.42. The molecular formula is C20H21F2N3O2. The summed E-state index contributed by atoms with van der Waals surface area (Å²) in [5.41, 5.74) is 0.645. The predicted octanol–water partition coefficient (Wildman–Crippen LogP) is 2.75. The number of amides is 2. The van der Waals surface area contributed by atoms with E-state index in [2.05, 4.69) is 10.2 Å². The molecule has 1 aliphatic heterocycles. The molecule has 0 unspecified atom stereocenters. The highest BCUT2D eigenvalue weighted by molar-refractivity contribution is 5.94. The molecule has 0 bridgehead atoms. The summed E-state index contributed by atoms with van der Waals surface area (Å²) in [6, 6.07) is 11.6. The Morgan fingerprint density at radius 3 is 2.26 bits per heavy atom. The number of halogens is 2. The molecule has 0 radical (unpaired) electrons. The van der Waals surface area contributed by atoms with Gasteiger partial charge in [-0.1, -0.05) is 12.1 Å². The highest BCUT2D eigenvalue weighted by Gasteiger charge is 2.22. The molecule has 0 aliphatic carbocycles. The predicted molar refractivity (Wildman–Crippen MR) is 98.4 cm³/mol. The van der Waals surface area contributed by atoms with Crippen molar-refractivity contribution in [2.75, 3.05) is 38.0 Å². The average molecular weight is 373 g/mol. The molecule has 3 rings (SSSR count). The SMILES string of the molecule is O=C(CCN1CCN(C(=O)c2ccc(F)cc2)CC1)Nc1ccccc1F. The minimum atomic E-state index is -0.459. The summed E-state index contributed by atoms with van der Waals surface area (Å²) in [5, 5.41) is 2.57. The molecule has 1 fully saturated rings. The zero-order valence-corrected chi connectivity index (χ0v) is 14.8. The van der Waals surface area contributed by atoms with E-state index >= 15 is 0 Å². The normalized spacial score (nSPS) is 14.8. The van der Waals surface area contributed by atoms with E-state index in [1.807, 2.05) is 0 Å². The van der Waals surface area contributed by atoms with Gasteiger partial charge in [-0.25, -0.2) is 8.78 Å². The second kappa shape index (κ2) is 8.73. The van der Waals surface area contributed by atoms with E-state index in [1.165, 1.54) is 36.4 Å². The molecule has 1 heterocycles. The number of hydrogen-bond acceptors (Lipinski definition) is 3. The molecule has 1 aliphatic rings. The summed E-state index contributed by atoms with van der Waals surface area (Å²) in [4.78, 5) is 28.2. The van der Waals surface area contributed by atoms with E-state index in [1.54, 1.807) is 17.0 Å². The molecule has 2 amide bonds. The molecule has 1 N–H and O–H groups in total. The third kappa shape index (κ3) is 5.10. The minimum absolute atomic E-state index is 0.119. The summed E-state index contributed by atoms with van der Waals surface area (Å²) in [5.74, 6) is -1.19. The molecule has 0 aromatic heterocycles. The number of nitrogens with zero attached hydrogens (tertiary/aromatic N) is 2. The van der Waals surface area contributed by atoms with Crippen LogP contribution in [-0.4, -0.2) is 54.3 Å². The number of carbonyl (C=O) groups is 2. The van der Waals surface area contributed by atoms with Gasteiger partial charge in [-0.3, -0.25) is 14.5 Å². The highest BCUT2D eigenvalue weighted by Crippen LogP contribution is 2.13. The Morgan fingerprint density at radius 2 is 1.59 bits per heavy atom. The van der Waals surface area contributed by atoms with Crippen LogP contribution in [0.15, 0.2) is 48.5 Å². The van der Waals surface area contributed by atoms with Crippen LogP contribution in [0, 0.1) is 11.6 Å². The lowest BCUT2D eigenvalue weighted by atomic mass is 10.1. The van der Waals surface area contributed by atoms with Crippen molar-refractivity contribution in [1.29, 1.82) is 0 Å². The Hall–Kier alpha value is -2.80. The summed E-state index contributed by atoms with van der Waals surface area (Å²) < 4.78 is 26.5. The van der Waals surface area contributed by atoms with Gasteiger partial charge in [0, 0.05) is 44.7 Å². The van der Waals surface area contributed by atoms with Gasteiger partial charge in [0.1, 0.15) is 11.6 Å². The zero-order valence-electron chi connectivity index (χ0n) is 14.8. The molecule has 0 atom stereocenters. The maximum atomic E-state index is 13.5. The van der Waals surface area contributed by atoms with Crippen LogP contribution < -0.4 is 5.32 Å². The Kier molecular flexibility index (Phi) is 6.13. The van der Waals surface area contributed by atoms with Crippen molar-refractivity contribution in [1.82, 2.24) is 9.80 Å². The average Bonchev–Trinajstić information content (AvgIpc) is 2.69. The number of rotatable bonds is 5. The summed E-state index contributed by atoms with van der Waals surface area (Å²) in [6.07, 6.45) is 0.250. The molecule has 5 nitrogen and oxygen atoms in total. The standard InChI is InChI=1S/C20H21F2N3O2/c21-16-7-5-15(6-8-16)20(27)25-13-11-24(12-14-25)10-9-19(26)23-18-4-2-1-3-17(18)22/h1-8H,9-14H2,(H,23,26). The first kappa shape index (κ1) is 19.0. The number of benzene rings is 2. The van der Waals surface area contributed by atoms with Gasteiger partial charge in [0.15, 0.2) is 0 Å². The van der Waals surface area contributed by atoms with Crippen LogP contribution in [0.1, 0.15) is 16.8 Å². The Morgan fingerprint density at radius 1 is 0.926 bits per heavy atom. The summed E-state index contributed by atoms with van der Waals surface area (Å²) in [6.45, 7) is 2.94. The van der Waals surface area contributed by atoms with Crippen molar-refractivity contribution in [2.45, 2.75) is 6.42 Å². The van der Waals surface area contributed by atoms with Crippen molar-refractivity contribution < 1.29 is 18.4 Å². The molecule has 2 aromatic rings. The van der Waals surface area contributed by atoms with E-state index in [9.17, 15) is 18.4 Å². The van der Waals surface area contributed by atoms with E-state index < -0.39 is 5.82 Å². The van der Waals surface area contributed by atoms with Gasteiger partial charge in [0.05, 0.1) is 5.69 Å². The van der Waals surface area contributed by atoms with Gasteiger partial charge in [-0.05, 0) is 36.4 Å². The van der Waals surface area contributed by atoms with Crippen molar-refractivity contribution in [3.8, 4) is 0 Å². The molecule has 2 aromatic carbocycles. The number of piperazine rings is 1. The van der Waals surface area contributed by atoms with Crippen molar-refractivity contribution in [2.24, 2.45) is 0 Å². The summed E-state index contributed by atoms with van der Waals surface area (Å²) in [7, 11) is 0. The molecule has 0 spiro atoms. The lowest BCUT2D eigenvalue weighted by molar-refractivity contribution is -0.116. The third-order valence-electron chi connectivity index (χ3n) is 4.55. The first-order chi connectivity index (χ1) is 13.0. The Balaban J connectivity index is 1.43. The fourth-order valence-electron chi connectivity index (χ4n) is 2.98. The van der Waals surface area contributed by atoms with E-state index in [-0.39, 0.29) is 29.7 Å². The lowest BCUT2D eigenvalue weighted by Gasteiger charge is -2.34. The van der Waals surface area contributed by atoms with Crippen molar-refractivity contribution >= 4 is 17.5 Å². The molecule has 142 valence electrons. The second-order valence-corrected chi connectivity index (χ2v) is 6.42. The monoisotopic (exact) mass is 373 g/mol. The third-order valence-corrected chi connectivity index (χ3v) is 4.55. The molecule has 7 heteroatoms. The molecular weight excluding hydrogens is 352 g/mol. The van der Waals surface area contributed by atoms with E-state index in [0.717, 1.165) is 0 Å². The maximum absolute atomic E-state index is 13.5. The Labute approximate surface area is 156 Å². The number of para-hydroxylation sites is 1. The van der Waals surface area contributed by atoms with Crippen LogP contribution in [-0.2, 0) is 4.79 Å². The van der Waals surface area contributed by atoms with Gasteiger partial charge in [-0.15, -0.1) is 0 Å². The van der Waals surface area contributed by atoms with Crippen molar-refractivity contribution in [3.05, 3.63) is 65.7 Å². The van der Waals surface area contributed by atoms with Gasteiger partial charge in [0.2, 0.25) is 5.91 Å². The molecule has 0 saturated carbocycles. The minimum Gasteiger partial charge on any atom is -0.336 e. The quantitative estimate of drug-likeness (QED) is 0.877. The van der Waals surface area contributed by atoms with E-state index in [4.69, 9.17) is 0 Å². The smallest absolute Gasteiger partial charge is 0.253 e. The van der Waals surface area contributed by atoms with Gasteiger partial charge in [0.25, 0.3) is 5.91 Å². The van der Waals surface area contributed by atoms with Crippen molar-refractivity contribution in [3.63, 3.8) is 0 Å². The fourth-order valence-corrected chi connectivity index (χ4v) is 2.98. The van der Waals surface area contributed by atoms with Crippen LogP contribution in [0.2, 0.25) is 0 Å². The van der Waals surface area contributed by atoms with Gasteiger partial charge < -0.3 is 10.2 Å². The lowest BCUT2D eigenvalue weighted by Crippen LogP contribution is -2.49. The van der Waals surface area contributed by atoms with Crippen LogP contribution in [0.3, 0.4) is 0 Å². The number of carbonyl (C=O) groups excluding carboxylic acids is 2. The highest BCUT2D eigenvalue weighted by atomic mass is 19.1. The summed E-state index contributed by atoms with van der Waals surface area (Å²) >= 11 is 0. The first-order valence-corrected chi connectivity index (χ1v) is 8.84. The Bertz CT molecular complexity index is 803. The number of hydrogen-bond donors (Lipinski definition) is 1. The largest absolute Gasteiger partial charge is 0.336 e. The van der Waals surface area contributed by atoms with E-state index in [0.29, 0.717) is 38.3 Å². The topological polar surface area (TPSA) is 52.7 Å². The maximum Gasteiger partial charge on any atom is 0.253 e. The number of nitrogens with one attached hydrogen (secondary N) is 1. The molecule has 27 heavy (non-hydrogen) atoms.